The Morgan fingerprint density at radius 1 is 1.43 bits per heavy atom. The summed E-state index contributed by atoms with van der Waals surface area (Å²) in [5.74, 6) is 0. The molecule has 0 aliphatic heterocycles. The Morgan fingerprint density at radius 2 is 1.57 bits per heavy atom. The summed E-state index contributed by atoms with van der Waals surface area (Å²) < 4.78 is 0. The molecule has 0 aromatic carbocycles. The third-order valence-corrected chi connectivity index (χ3v) is 0.455. The van der Waals surface area contributed by atoms with E-state index >= 15 is 0 Å². The quantitative estimate of drug-likeness (QED) is 0.495. The fourth-order valence-corrected chi connectivity index (χ4v) is 0. The van der Waals surface area contributed by atoms with Crippen molar-refractivity contribution in [3.8, 4) is 0 Å². The van der Waals surface area contributed by atoms with E-state index in [9.17, 15) is 0 Å². The van der Waals surface area contributed by atoms with Crippen LogP contribution in [0.5, 0.6) is 0 Å². The third kappa shape index (κ3) is 29.3. The fourth-order valence-electron chi connectivity index (χ4n) is 0. The highest BCUT2D eigenvalue weighted by atomic mass is 14.5. The molecule has 0 unspecified atom stereocenters. The number of allylic oxidation sites excluding steroid dienone is 2. The zero-order valence-corrected chi connectivity index (χ0v) is 5.65. The van der Waals surface area contributed by atoms with Crippen molar-refractivity contribution in [3.05, 3.63) is 11.8 Å². The van der Waals surface area contributed by atoms with E-state index in [0.717, 1.165) is 5.70 Å². The average Bonchev–Trinajstić information content (AvgIpc) is 1.73. The summed E-state index contributed by atoms with van der Waals surface area (Å²) in [5, 5.41) is 0. The van der Waals surface area contributed by atoms with Gasteiger partial charge in [0.15, 0.2) is 0 Å². The summed E-state index contributed by atoms with van der Waals surface area (Å²) in [4.78, 5) is 0. The van der Waals surface area contributed by atoms with Crippen LogP contribution in [0.4, 0.5) is 0 Å². The maximum Gasteiger partial charge on any atom is 0.000552 e. The summed E-state index contributed by atoms with van der Waals surface area (Å²) >= 11 is 0. The first-order valence-electron chi connectivity index (χ1n) is 2.65. The van der Waals surface area contributed by atoms with E-state index in [2.05, 4.69) is 0 Å². The number of nitrogens with two attached hydrogens (primary N) is 1. The monoisotopic (exact) mass is 101 g/mol. The summed E-state index contributed by atoms with van der Waals surface area (Å²) in [5.41, 5.74) is 6.03. The molecule has 7 heavy (non-hydrogen) atoms. The van der Waals surface area contributed by atoms with E-state index < -0.39 is 0 Å². The molecule has 44 valence electrons. The molecule has 1 heteroatoms. The van der Waals surface area contributed by atoms with Gasteiger partial charge in [0.2, 0.25) is 0 Å². The standard InChI is InChI=1S/C4H9N.C2H6/c1-3-4(2)5;1-2/h3H,5H2,1-2H3;1-2H3/b4-3-;. The van der Waals surface area contributed by atoms with Gasteiger partial charge in [-0.15, -0.1) is 0 Å². The van der Waals surface area contributed by atoms with E-state index in [0.29, 0.717) is 0 Å². The van der Waals surface area contributed by atoms with Crippen LogP contribution in [-0.4, -0.2) is 0 Å². The van der Waals surface area contributed by atoms with Crippen molar-refractivity contribution < 1.29 is 0 Å². The van der Waals surface area contributed by atoms with Gasteiger partial charge in [-0.1, -0.05) is 19.9 Å². The smallest absolute Gasteiger partial charge is 0.000552 e. The van der Waals surface area contributed by atoms with Crippen LogP contribution < -0.4 is 5.73 Å². The molecular formula is C6H15N. The van der Waals surface area contributed by atoms with Gasteiger partial charge >= 0.3 is 0 Å². The van der Waals surface area contributed by atoms with E-state index in [1.165, 1.54) is 0 Å². The molecule has 0 aromatic heterocycles. The average molecular weight is 101 g/mol. The van der Waals surface area contributed by atoms with Crippen molar-refractivity contribution in [2.45, 2.75) is 27.7 Å². The second-order valence-corrected chi connectivity index (χ2v) is 1.03. The van der Waals surface area contributed by atoms with Crippen LogP contribution in [0.2, 0.25) is 0 Å². The summed E-state index contributed by atoms with van der Waals surface area (Å²) in [6.45, 7) is 7.77. The molecule has 0 fully saturated rings. The zero-order chi connectivity index (χ0) is 6.28. The Balaban J connectivity index is 0. The Bertz CT molecular complexity index is 42.1. The molecule has 0 amide bonds. The van der Waals surface area contributed by atoms with E-state index in [-0.39, 0.29) is 0 Å². The Morgan fingerprint density at radius 3 is 1.57 bits per heavy atom. The zero-order valence-electron chi connectivity index (χ0n) is 5.65. The highest BCUT2D eigenvalue weighted by molar-refractivity contribution is 4.86. The molecule has 0 heterocycles. The normalized spacial score (nSPS) is 9.43. The van der Waals surface area contributed by atoms with Crippen molar-refractivity contribution in [1.82, 2.24) is 0 Å². The Hall–Kier alpha value is -0.460. The van der Waals surface area contributed by atoms with Crippen molar-refractivity contribution in [1.29, 1.82) is 0 Å². The van der Waals surface area contributed by atoms with Crippen LogP contribution in [0, 0.1) is 0 Å². The van der Waals surface area contributed by atoms with Gasteiger partial charge in [0.25, 0.3) is 0 Å². The maximum atomic E-state index is 5.15. The topological polar surface area (TPSA) is 26.0 Å². The van der Waals surface area contributed by atoms with Crippen molar-refractivity contribution in [2.75, 3.05) is 0 Å². The lowest BCUT2D eigenvalue weighted by molar-refractivity contribution is 1.29. The second kappa shape index (κ2) is 9.11. The highest BCUT2D eigenvalue weighted by Gasteiger charge is 1.60. The first-order chi connectivity index (χ1) is 3.27. The Kier molecular flexibility index (Phi) is 12.7. The minimum Gasteiger partial charge on any atom is -0.403 e. The summed E-state index contributed by atoms with van der Waals surface area (Å²) in [6.07, 6.45) is 1.86. The van der Waals surface area contributed by atoms with Gasteiger partial charge in [-0.05, 0) is 13.8 Å². The summed E-state index contributed by atoms with van der Waals surface area (Å²) in [6, 6.07) is 0. The largest absolute Gasteiger partial charge is 0.403 e. The maximum absolute atomic E-state index is 5.15. The lowest BCUT2D eigenvalue weighted by atomic mass is 10.5. The van der Waals surface area contributed by atoms with Crippen molar-refractivity contribution in [2.24, 2.45) is 5.73 Å². The SMILES string of the molecule is C/C=C(/C)N.CC. The molecule has 0 saturated carbocycles. The molecule has 0 aliphatic rings. The predicted molar refractivity (Wildman–Crippen MR) is 35.0 cm³/mol. The van der Waals surface area contributed by atoms with Crippen molar-refractivity contribution >= 4 is 0 Å². The van der Waals surface area contributed by atoms with Gasteiger partial charge in [0, 0.05) is 5.70 Å². The van der Waals surface area contributed by atoms with Gasteiger partial charge < -0.3 is 5.73 Å². The minimum atomic E-state index is 0.880. The number of hydrogen-bond acceptors (Lipinski definition) is 1. The molecule has 0 radical (unpaired) electrons. The van der Waals surface area contributed by atoms with E-state index in [4.69, 9.17) is 5.73 Å². The lowest BCUT2D eigenvalue weighted by Crippen LogP contribution is -1.86. The first kappa shape index (κ1) is 9.74. The van der Waals surface area contributed by atoms with Gasteiger partial charge in [0.1, 0.15) is 0 Å². The second-order valence-electron chi connectivity index (χ2n) is 1.03. The van der Waals surface area contributed by atoms with Crippen LogP contribution in [0.3, 0.4) is 0 Å². The van der Waals surface area contributed by atoms with E-state index in [1.807, 2.05) is 33.8 Å². The third-order valence-electron chi connectivity index (χ3n) is 0.455. The van der Waals surface area contributed by atoms with Gasteiger partial charge in [-0.25, -0.2) is 0 Å². The van der Waals surface area contributed by atoms with Gasteiger partial charge in [-0.2, -0.15) is 0 Å². The number of hydrogen-bond donors (Lipinski definition) is 1. The molecule has 0 saturated heterocycles. The van der Waals surface area contributed by atoms with Crippen LogP contribution in [0.1, 0.15) is 27.7 Å². The van der Waals surface area contributed by atoms with Crippen LogP contribution in [-0.2, 0) is 0 Å². The molecule has 0 atom stereocenters. The molecule has 0 spiro atoms. The Labute approximate surface area is 46.2 Å². The molecule has 2 N–H and O–H groups in total. The summed E-state index contributed by atoms with van der Waals surface area (Å²) in [7, 11) is 0. The van der Waals surface area contributed by atoms with Gasteiger partial charge in [0.05, 0.1) is 0 Å². The fraction of sp³-hybridized carbons (Fsp3) is 0.667. The predicted octanol–water partition coefficient (Wildman–Crippen LogP) is 1.90. The molecular weight excluding hydrogens is 86.1 g/mol. The molecule has 0 aromatic rings. The lowest BCUT2D eigenvalue weighted by Gasteiger charge is -1.76. The molecule has 1 nitrogen and oxygen atoms in total. The van der Waals surface area contributed by atoms with Crippen molar-refractivity contribution in [3.63, 3.8) is 0 Å². The van der Waals surface area contributed by atoms with Crippen LogP contribution in [0.15, 0.2) is 11.8 Å². The van der Waals surface area contributed by atoms with E-state index in [1.54, 1.807) is 0 Å². The van der Waals surface area contributed by atoms with Gasteiger partial charge in [-0.3, -0.25) is 0 Å². The van der Waals surface area contributed by atoms with Crippen LogP contribution in [0.25, 0.3) is 0 Å². The molecule has 0 aliphatic carbocycles. The molecule has 0 rings (SSSR count). The van der Waals surface area contributed by atoms with Crippen LogP contribution >= 0.6 is 0 Å². The number of rotatable bonds is 0. The highest BCUT2D eigenvalue weighted by Crippen LogP contribution is 1.71. The minimum absolute atomic E-state index is 0.880. The molecule has 0 bridgehead atoms. The first-order valence-corrected chi connectivity index (χ1v) is 2.65.